The topological polar surface area (TPSA) is 47.0 Å². The van der Waals surface area contributed by atoms with E-state index in [1.54, 1.807) is 12.1 Å². The first-order valence-corrected chi connectivity index (χ1v) is 7.59. The van der Waals surface area contributed by atoms with Crippen molar-refractivity contribution in [2.45, 2.75) is 17.9 Å². The Hall–Kier alpha value is -0.860. The lowest BCUT2D eigenvalue weighted by atomic mass is 10.3. The summed E-state index contributed by atoms with van der Waals surface area (Å²) in [5.41, 5.74) is 0. The van der Waals surface area contributed by atoms with E-state index in [2.05, 4.69) is 32.8 Å². The van der Waals surface area contributed by atoms with Crippen LogP contribution in [0.3, 0.4) is 0 Å². The maximum atomic E-state index is 11.7. The van der Waals surface area contributed by atoms with Gasteiger partial charge < -0.3 is 0 Å². The molecule has 0 aliphatic heterocycles. The van der Waals surface area contributed by atoms with E-state index in [0.717, 1.165) is 11.8 Å². The highest BCUT2D eigenvalue weighted by atomic mass is 79.9. The molecule has 86 valence electrons. The molecule has 0 radical (unpaired) electrons. The van der Waals surface area contributed by atoms with Crippen LogP contribution in [0, 0.1) is 11.8 Å². The number of nitrogens with zero attached hydrogens (tertiary/aromatic N) is 1. The molecule has 1 heterocycles. The van der Waals surface area contributed by atoms with Crippen LogP contribution in [-0.4, -0.2) is 24.5 Å². The molecule has 0 spiro atoms. The molecule has 0 aliphatic carbocycles. The van der Waals surface area contributed by atoms with Crippen LogP contribution in [0.15, 0.2) is 29.4 Å². The highest BCUT2D eigenvalue weighted by Crippen LogP contribution is 2.05. The molecule has 0 fully saturated rings. The van der Waals surface area contributed by atoms with Crippen molar-refractivity contribution in [1.29, 1.82) is 0 Å². The Labute approximate surface area is 104 Å². The number of hydrogen-bond acceptors (Lipinski definition) is 3. The van der Waals surface area contributed by atoms with Gasteiger partial charge in [0.05, 0.1) is 0 Å². The molecule has 0 amide bonds. The van der Waals surface area contributed by atoms with Crippen molar-refractivity contribution in [2.24, 2.45) is 0 Å². The number of alkyl halides is 1. The molecule has 0 aliphatic rings. The van der Waals surface area contributed by atoms with Crippen LogP contribution in [0.2, 0.25) is 0 Å². The lowest BCUT2D eigenvalue weighted by molar-refractivity contribution is 0.596. The van der Waals surface area contributed by atoms with E-state index in [9.17, 15) is 8.42 Å². The summed E-state index contributed by atoms with van der Waals surface area (Å²) in [6, 6.07) is 4.81. The van der Waals surface area contributed by atoms with Gasteiger partial charge in [0, 0.05) is 17.9 Å². The summed E-state index contributed by atoms with van der Waals surface area (Å²) in [6.07, 6.45) is 3.10. The fourth-order valence-electron chi connectivity index (χ4n) is 0.995. The van der Waals surface area contributed by atoms with E-state index >= 15 is 0 Å². The molecule has 5 heteroatoms. The van der Waals surface area contributed by atoms with Crippen LogP contribution in [0.4, 0.5) is 0 Å². The molecule has 0 saturated carbocycles. The van der Waals surface area contributed by atoms with E-state index in [0.29, 0.717) is 6.42 Å². The van der Waals surface area contributed by atoms with Crippen molar-refractivity contribution in [3.05, 3.63) is 24.4 Å². The predicted octanol–water partition coefficient (Wildman–Crippen LogP) is 2.03. The largest absolute Gasteiger partial charge is 0.245 e. The van der Waals surface area contributed by atoms with E-state index in [1.807, 2.05) is 0 Å². The van der Waals surface area contributed by atoms with Gasteiger partial charge >= 0.3 is 0 Å². The fraction of sp³-hybridized carbons (Fsp3) is 0.364. The Kier molecular flexibility index (Phi) is 5.50. The fourth-order valence-corrected chi connectivity index (χ4v) is 2.22. The van der Waals surface area contributed by atoms with Gasteiger partial charge in [-0.3, -0.25) is 0 Å². The molecule has 0 unspecified atom stereocenters. The van der Waals surface area contributed by atoms with Crippen LogP contribution >= 0.6 is 15.9 Å². The third-order valence-electron chi connectivity index (χ3n) is 1.78. The summed E-state index contributed by atoms with van der Waals surface area (Å²) in [6.45, 7) is 0. The Morgan fingerprint density at radius 3 is 2.75 bits per heavy atom. The number of unbranched alkanes of at least 4 members (excludes halogenated alkanes) is 1. The summed E-state index contributed by atoms with van der Waals surface area (Å²) in [7, 11) is -3.34. The standard InChI is InChI=1S/C11H12BrNO2S/c12-8-4-1-2-6-10-16(14,15)11-7-3-5-9-13-11/h3,5,7,9H,1,4,8,10H2. The van der Waals surface area contributed by atoms with Gasteiger partial charge in [0.1, 0.15) is 5.75 Å². The zero-order chi connectivity index (χ0) is 11.9. The van der Waals surface area contributed by atoms with Crippen LogP contribution < -0.4 is 0 Å². The average molecular weight is 302 g/mol. The first-order valence-electron chi connectivity index (χ1n) is 4.82. The van der Waals surface area contributed by atoms with Gasteiger partial charge in [0.25, 0.3) is 0 Å². The second-order valence-electron chi connectivity index (χ2n) is 3.07. The SMILES string of the molecule is O=S(=O)(CC#CCCCBr)c1ccccn1. The number of pyridine rings is 1. The highest BCUT2D eigenvalue weighted by Gasteiger charge is 2.12. The first kappa shape index (κ1) is 13.2. The van der Waals surface area contributed by atoms with E-state index in [1.165, 1.54) is 12.3 Å². The molecule has 0 atom stereocenters. The second kappa shape index (κ2) is 6.66. The maximum Gasteiger partial charge on any atom is 0.206 e. The van der Waals surface area contributed by atoms with Gasteiger partial charge in [-0.1, -0.05) is 27.9 Å². The first-order chi connectivity index (χ1) is 7.67. The van der Waals surface area contributed by atoms with Crippen molar-refractivity contribution in [2.75, 3.05) is 11.1 Å². The van der Waals surface area contributed by atoms with Crippen molar-refractivity contribution in [1.82, 2.24) is 4.98 Å². The molecular weight excluding hydrogens is 290 g/mol. The number of aromatic nitrogens is 1. The monoisotopic (exact) mass is 301 g/mol. The molecule has 1 rings (SSSR count). The predicted molar refractivity (Wildman–Crippen MR) is 67.1 cm³/mol. The van der Waals surface area contributed by atoms with Gasteiger partial charge in [-0.05, 0) is 18.6 Å². The molecule has 16 heavy (non-hydrogen) atoms. The number of halogens is 1. The van der Waals surface area contributed by atoms with Crippen molar-refractivity contribution >= 4 is 25.8 Å². The molecule has 0 bridgehead atoms. The number of sulfone groups is 1. The summed E-state index contributed by atoms with van der Waals surface area (Å²) in [4.78, 5) is 3.80. The Bertz CT molecular complexity index is 474. The summed E-state index contributed by atoms with van der Waals surface area (Å²) >= 11 is 3.28. The summed E-state index contributed by atoms with van der Waals surface area (Å²) < 4.78 is 23.4. The van der Waals surface area contributed by atoms with Gasteiger partial charge in [-0.2, -0.15) is 0 Å². The van der Waals surface area contributed by atoms with Gasteiger partial charge in [-0.15, -0.1) is 5.92 Å². The number of rotatable bonds is 4. The van der Waals surface area contributed by atoms with Gasteiger partial charge in [0.2, 0.25) is 9.84 Å². The van der Waals surface area contributed by atoms with E-state index < -0.39 is 9.84 Å². The van der Waals surface area contributed by atoms with E-state index in [-0.39, 0.29) is 10.8 Å². The third-order valence-corrected chi connectivity index (χ3v) is 3.74. The molecule has 1 aromatic rings. The quantitative estimate of drug-likeness (QED) is 0.486. The lowest BCUT2D eigenvalue weighted by Gasteiger charge is -1.97. The maximum absolute atomic E-state index is 11.7. The summed E-state index contributed by atoms with van der Waals surface area (Å²) in [5.74, 6) is 5.32. The van der Waals surface area contributed by atoms with E-state index in [4.69, 9.17) is 0 Å². The van der Waals surface area contributed by atoms with Crippen molar-refractivity contribution in [3.63, 3.8) is 0 Å². The Morgan fingerprint density at radius 2 is 2.12 bits per heavy atom. The minimum atomic E-state index is -3.34. The van der Waals surface area contributed by atoms with Crippen LogP contribution in [0.1, 0.15) is 12.8 Å². The van der Waals surface area contributed by atoms with Crippen molar-refractivity contribution < 1.29 is 8.42 Å². The van der Waals surface area contributed by atoms with Gasteiger partial charge in [0.15, 0.2) is 5.03 Å². The number of hydrogen-bond donors (Lipinski definition) is 0. The molecular formula is C11H12BrNO2S. The average Bonchev–Trinajstić information content (AvgIpc) is 2.30. The van der Waals surface area contributed by atoms with Crippen LogP contribution in [0.5, 0.6) is 0 Å². The van der Waals surface area contributed by atoms with Crippen LogP contribution in [-0.2, 0) is 9.84 Å². The van der Waals surface area contributed by atoms with Crippen LogP contribution in [0.25, 0.3) is 0 Å². The molecule has 1 aromatic heterocycles. The Balaban J connectivity index is 2.62. The molecule has 0 aromatic carbocycles. The summed E-state index contributed by atoms with van der Waals surface area (Å²) in [5, 5.41) is 0.971. The minimum Gasteiger partial charge on any atom is -0.245 e. The minimum absolute atomic E-state index is 0.0878. The third kappa shape index (κ3) is 4.33. The Morgan fingerprint density at radius 1 is 1.31 bits per heavy atom. The van der Waals surface area contributed by atoms with Gasteiger partial charge in [-0.25, -0.2) is 13.4 Å². The smallest absolute Gasteiger partial charge is 0.206 e. The lowest BCUT2D eigenvalue weighted by Crippen LogP contribution is -2.06. The zero-order valence-electron chi connectivity index (χ0n) is 8.69. The normalized spacial score (nSPS) is 10.6. The zero-order valence-corrected chi connectivity index (χ0v) is 11.1. The molecule has 3 nitrogen and oxygen atoms in total. The molecule has 0 N–H and O–H groups in total. The van der Waals surface area contributed by atoms with Crippen molar-refractivity contribution in [3.8, 4) is 11.8 Å². The highest BCUT2D eigenvalue weighted by molar-refractivity contribution is 9.09. The second-order valence-corrected chi connectivity index (χ2v) is 5.80. The molecule has 0 saturated heterocycles.